The van der Waals surface area contributed by atoms with Gasteiger partial charge in [-0.1, -0.05) is 0 Å². The van der Waals surface area contributed by atoms with Crippen LogP contribution in [0.25, 0.3) is 21.8 Å². The summed E-state index contributed by atoms with van der Waals surface area (Å²) < 4.78 is 0. The predicted octanol–water partition coefficient (Wildman–Crippen LogP) is 2.43. The Morgan fingerprint density at radius 1 is 1.00 bits per heavy atom. The predicted molar refractivity (Wildman–Crippen MR) is 66.1 cm³/mol. The molecule has 0 amide bonds. The van der Waals surface area contributed by atoms with Crippen LogP contribution in [0, 0.1) is 0 Å². The number of aromatic amines is 1. The third kappa shape index (κ3) is 1.37. The summed E-state index contributed by atoms with van der Waals surface area (Å²) in [6, 6.07) is 7.55. The van der Waals surface area contributed by atoms with Crippen LogP contribution in [-0.2, 0) is 0 Å². The molecule has 0 aliphatic heterocycles. The molecule has 5 heteroatoms. The zero-order valence-electron chi connectivity index (χ0n) is 9.14. The number of phenols is 2. The summed E-state index contributed by atoms with van der Waals surface area (Å²) in [5, 5.41) is 29.4. The highest BCUT2D eigenvalue weighted by atomic mass is 16.4. The van der Waals surface area contributed by atoms with Gasteiger partial charge in [-0.2, -0.15) is 0 Å². The first-order valence-electron chi connectivity index (χ1n) is 5.27. The van der Waals surface area contributed by atoms with Crippen LogP contribution >= 0.6 is 0 Å². The van der Waals surface area contributed by atoms with Gasteiger partial charge in [0.1, 0.15) is 17.1 Å². The van der Waals surface area contributed by atoms with Crippen molar-refractivity contribution < 1.29 is 20.1 Å². The zero-order valence-corrected chi connectivity index (χ0v) is 9.14. The van der Waals surface area contributed by atoms with E-state index in [0.29, 0.717) is 16.3 Å². The van der Waals surface area contributed by atoms with Crippen molar-refractivity contribution in [1.82, 2.24) is 4.98 Å². The molecule has 0 spiro atoms. The van der Waals surface area contributed by atoms with Gasteiger partial charge in [0.15, 0.2) is 0 Å². The molecule has 0 atom stereocenters. The van der Waals surface area contributed by atoms with Crippen molar-refractivity contribution in [3.63, 3.8) is 0 Å². The maximum atomic E-state index is 11.0. The van der Waals surface area contributed by atoms with Crippen molar-refractivity contribution in [3.05, 3.63) is 35.9 Å². The van der Waals surface area contributed by atoms with E-state index in [1.54, 1.807) is 12.1 Å². The second-order valence-corrected chi connectivity index (χ2v) is 4.07. The molecule has 0 radical (unpaired) electrons. The lowest BCUT2D eigenvalue weighted by atomic mass is 10.1. The van der Waals surface area contributed by atoms with E-state index >= 15 is 0 Å². The molecular formula is C13H9NO4. The number of fused-ring (bicyclic) bond motifs is 3. The first-order chi connectivity index (χ1) is 8.56. The van der Waals surface area contributed by atoms with Crippen molar-refractivity contribution in [1.29, 1.82) is 0 Å². The third-order valence-electron chi connectivity index (χ3n) is 2.93. The molecule has 0 saturated heterocycles. The lowest BCUT2D eigenvalue weighted by Crippen LogP contribution is -1.96. The lowest BCUT2D eigenvalue weighted by molar-refractivity contribution is 0.0694. The van der Waals surface area contributed by atoms with Crippen molar-refractivity contribution in [2.75, 3.05) is 0 Å². The standard InChI is InChI=1S/C13H9NO4/c15-6-1-2-10-7(3-6)8-4-9(13(17)18)12(16)5-11(8)14-10/h1-5,14-16H,(H,17,18). The van der Waals surface area contributed by atoms with Crippen molar-refractivity contribution in [3.8, 4) is 11.5 Å². The van der Waals surface area contributed by atoms with Crippen LogP contribution < -0.4 is 0 Å². The largest absolute Gasteiger partial charge is 0.508 e. The van der Waals surface area contributed by atoms with E-state index in [4.69, 9.17) is 5.11 Å². The molecule has 0 fully saturated rings. The Kier molecular flexibility index (Phi) is 1.98. The van der Waals surface area contributed by atoms with E-state index in [1.807, 2.05) is 0 Å². The maximum absolute atomic E-state index is 11.0. The molecule has 0 bridgehead atoms. The summed E-state index contributed by atoms with van der Waals surface area (Å²) in [5.41, 5.74) is 1.23. The Morgan fingerprint density at radius 2 is 1.72 bits per heavy atom. The fourth-order valence-corrected chi connectivity index (χ4v) is 2.09. The smallest absolute Gasteiger partial charge is 0.339 e. The normalized spacial score (nSPS) is 11.1. The molecule has 3 rings (SSSR count). The first-order valence-corrected chi connectivity index (χ1v) is 5.27. The number of hydrogen-bond acceptors (Lipinski definition) is 3. The van der Waals surface area contributed by atoms with Crippen molar-refractivity contribution in [2.24, 2.45) is 0 Å². The number of benzene rings is 2. The SMILES string of the molecule is O=C(O)c1cc2c(cc1O)[nH]c1ccc(O)cc12. The number of aromatic nitrogens is 1. The molecule has 1 aromatic heterocycles. The minimum atomic E-state index is -1.19. The van der Waals surface area contributed by atoms with E-state index < -0.39 is 5.97 Å². The van der Waals surface area contributed by atoms with Crippen LogP contribution in [0.15, 0.2) is 30.3 Å². The number of nitrogens with one attached hydrogen (secondary N) is 1. The van der Waals surface area contributed by atoms with Gasteiger partial charge >= 0.3 is 5.97 Å². The van der Waals surface area contributed by atoms with Crippen LogP contribution in [0.3, 0.4) is 0 Å². The second-order valence-electron chi connectivity index (χ2n) is 4.07. The van der Waals surface area contributed by atoms with Gasteiger partial charge in [-0.05, 0) is 24.3 Å². The summed E-state index contributed by atoms with van der Waals surface area (Å²) in [4.78, 5) is 14.0. The van der Waals surface area contributed by atoms with Gasteiger partial charge < -0.3 is 20.3 Å². The Hall–Kier alpha value is -2.69. The lowest BCUT2D eigenvalue weighted by Gasteiger charge is -1.99. The van der Waals surface area contributed by atoms with Gasteiger partial charge in [0, 0.05) is 22.4 Å². The molecule has 0 aliphatic carbocycles. The third-order valence-corrected chi connectivity index (χ3v) is 2.93. The number of phenolic OH excluding ortho intramolecular Hbond substituents is 1. The average Bonchev–Trinajstić information content (AvgIpc) is 2.64. The molecule has 1 heterocycles. The van der Waals surface area contributed by atoms with Crippen molar-refractivity contribution >= 4 is 27.8 Å². The summed E-state index contributed by atoms with van der Waals surface area (Å²) in [6.07, 6.45) is 0. The van der Waals surface area contributed by atoms with E-state index in [1.165, 1.54) is 18.2 Å². The van der Waals surface area contributed by atoms with Crippen LogP contribution in [-0.4, -0.2) is 26.3 Å². The molecule has 4 N–H and O–H groups in total. The van der Waals surface area contributed by atoms with E-state index in [-0.39, 0.29) is 17.1 Å². The highest BCUT2D eigenvalue weighted by Gasteiger charge is 2.14. The van der Waals surface area contributed by atoms with Crippen LogP contribution in [0.2, 0.25) is 0 Å². The van der Waals surface area contributed by atoms with E-state index in [0.717, 1.165) is 5.52 Å². The molecular weight excluding hydrogens is 234 g/mol. The Labute approximate surface area is 101 Å². The zero-order chi connectivity index (χ0) is 12.9. The van der Waals surface area contributed by atoms with E-state index in [9.17, 15) is 15.0 Å². The molecule has 90 valence electrons. The highest BCUT2D eigenvalue weighted by molar-refractivity contribution is 6.10. The Bertz CT molecular complexity index is 788. The summed E-state index contributed by atoms with van der Waals surface area (Å²) in [5.74, 6) is -1.37. The van der Waals surface area contributed by atoms with Gasteiger partial charge in [0.05, 0.1) is 5.52 Å². The number of carboxylic acid groups (broad SMARTS) is 1. The summed E-state index contributed by atoms with van der Waals surface area (Å²) in [6.45, 7) is 0. The van der Waals surface area contributed by atoms with Gasteiger partial charge in [-0.15, -0.1) is 0 Å². The van der Waals surface area contributed by atoms with Crippen LogP contribution in [0.5, 0.6) is 11.5 Å². The van der Waals surface area contributed by atoms with Crippen LogP contribution in [0.4, 0.5) is 0 Å². The molecule has 0 unspecified atom stereocenters. The molecule has 0 saturated carbocycles. The highest BCUT2D eigenvalue weighted by Crippen LogP contribution is 2.32. The molecule has 5 nitrogen and oxygen atoms in total. The number of carboxylic acids is 1. The van der Waals surface area contributed by atoms with Gasteiger partial charge in [-0.3, -0.25) is 0 Å². The maximum Gasteiger partial charge on any atom is 0.339 e. The van der Waals surface area contributed by atoms with Gasteiger partial charge in [-0.25, -0.2) is 4.79 Å². The quantitative estimate of drug-likeness (QED) is 0.528. The van der Waals surface area contributed by atoms with E-state index in [2.05, 4.69) is 4.98 Å². The summed E-state index contributed by atoms with van der Waals surface area (Å²) >= 11 is 0. The molecule has 2 aromatic carbocycles. The number of H-pyrrole nitrogens is 1. The van der Waals surface area contributed by atoms with Gasteiger partial charge in [0.2, 0.25) is 0 Å². The average molecular weight is 243 g/mol. The Morgan fingerprint density at radius 3 is 2.44 bits per heavy atom. The number of hydrogen-bond donors (Lipinski definition) is 4. The minimum Gasteiger partial charge on any atom is -0.508 e. The summed E-state index contributed by atoms with van der Waals surface area (Å²) in [7, 11) is 0. The number of rotatable bonds is 1. The fraction of sp³-hybridized carbons (Fsp3) is 0. The monoisotopic (exact) mass is 243 g/mol. The molecule has 18 heavy (non-hydrogen) atoms. The molecule has 3 aromatic rings. The van der Waals surface area contributed by atoms with Crippen LogP contribution in [0.1, 0.15) is 10.4 Å². The number of aromatic carboxylic acids is 1. The van der Waals surface area contributed by atoms with Gasteiger partial charge in [0.25, 0.3) is 0 Å². The fourth-order valence-electron chi connectivity index (χ4n) is 2.09. The molecule has 0 aliphatic rings. The number of carbonyl (C=O) groups is 1. The first kappa shape index (κ1) is 10.5. The minimum absolute atomic E-state index is 0.105. The number of aromatic hydroxyl groups is 2. The van der Waals surface area contributed by atoms with Crippen molar-refractivity contribution in [2.45, 2.75) is 0 Å². The second kappa shape index (κ2) is 3.40. The Balaban J connectivity index is 2.46. The topological polar surface area (TPSA) is 93.5 Å².